The summed E-state index contributed by atoms with van der Waals surface area (Å²) in [4.78, 5) is 61.1. The lowest BCUT2D eigenvalue weighted by Gasteiger charge is -2.27. The number of imide groups is 2. The summed E-state index contributed by atoms with van der Waals surface area (Å²) in [7, 11) is 0. The van der Waals surface area contributed by atoms with Gasteiger partial charge in [0.05, 0.1) is 11.1 Å². The number of nitrogens with zero attached hydrogens (tertiary/aromatic N) is 1. The minimum absolute atomic E-state index is 0.0947. The van der Waals surface area contributed by atoms with Crippen LogP contribution in [0.4, 0.5) is 5.69 Å². The van der Waals surface area contributed by atoms with Crippen molar-refractivity contribution in [3.8, 4) is 0 Å². The number of unbranched alkanes of at least 4 members (excludes halogenated alkanes) is 5. The average Bonchev–Trinajstić information content (AvgIpc) is 2.98. The number of amides is 5. The molecule has 4 N–H and O–H groups in total. The van der Waals surface area contributed by atoms with E-state index < -0.39 is 29.7 Å². The van der Waals surface area contributed by atoms with Gasteiger partial charge in [-0.2, -0.15) is 0 Å². The molecule has 0 aromatic heterocycles. The summed E-state index contributed by atoms with van der Waals surface area (Å²) >= 11 is 0. The molecule has 0 radical (unpaired) electrons. The third kappa shape index (κ3) is 5.28. The zero-order valence-corrected chi connectivity index (χ0v) is 17.4. The van der Waals surface area contributed by atoms with Crippen LogP contribution >= 0.6 is 0 Å². The molecular weight excluding hydrogens is 400 g/mol. The SMILES string of the molecule is NC(=O)CCCCCCCCNc1cccc2c1C(=O)N(C1CCC(=O)NC1=O)C2=O. The third-order valence-electron chi connectivity index (χ3n) is 5.63. The van der Waals surface area contributed by atoms with Crippen molar-refractivity contribution in [2.75, 3.05) is 11.9 Å². The Morgan fingerprint density at radius 3 is 2.45 bits per heavy atom. The number of piperidine rings is 1. The number of anilines is 1. The van der Waals surface area contributed by atoms with Crippen LogP contribution in [0.25, 0.3) is 0 Å². The smallest absolute Gasteiger partial charge is 0.264 e. The van der Waals surface area contributed by atoms with Gasteiger partial charge in [0.2, 0.25) is 17.7 Å². The largest absolute Gasteiger partial charge is 0.384 e. The standard InChI is InChI=1S/C22H28N4O5/c23-17(27)10-5-3-1-2-4-6-13-24-15-9-7-8-14-19(15)22(31)26(21(14)30)16-11-12-18(28)25-20(16)29/h7-9,16,24H,1-6,10-13H2,(H2,23,27)(H,25,28,29). The van der Waals surface area contributed by atoms with Crippen molar-refractivity contribution in [1.29, 1.82) is 0 Å². The number of fused-ring (bicyclic) bond motifs is 1. The lowest BCUT2D eigenvalue weighted by atomic mass is 10.0. The van der Waals surface area contributed by atoms with Gasteiger partial charge < -0.3 is 11.1 Å². The predicted molar refractivity (Wildman–Crippen MR) is 113 cm³/mol. The average molecular weight is 428 g/mol. The maximum absolute atomic E-state index is 13.0. The van der Waals surface area contributed by atoms with E-state index in [9.17, 15) is 24.0 Å². The predicted octanol–water partition coefficient (Wildman–Crippen LogP) is 1.72. The summed E-state index contributed by atoms with van der Waals surface area (Å²) in [6.07, 6.45) is 6.47. The van der Waals surface area contributed by atoms with Gasteiger partial charge in [0.25, 0.3) is 11.8 Å². The first-order valence-electron chi connectivity index (χ1n) is 10.8. The number of rotatable bonds is 11. The summed E-state index contributed by atoms with van der Waals surface area (Å²) in [5.41, 5.74) is 6.25. The van der Waals surface area contributed by atoms with Crippen LogP contribution in [0.1, 0.15) is 78.5 Å². The topological polar surface area (TPSA) is 139 Å². The summed E-state index contributed by atoms with van der Waals surface area (Å²) in [6, 6.07) is 4.08. The molecule has 9 heteroatoms. The molecule has 1 fully saturated rings. The first-order valence-corrected chi connectivity index (χ1v) is 10.8. The number of nitrogens with one attached hydrogen (secondary N) is 2. The fourth-order valence-corrected chi connectivity index (χ4v) is 4.02. The molecule has 0 aliphatic carbocycles. The molecular formula is C22H28N4O5. The number of carbonyl (C=O) groups excluding carboxylic acids is 5. The zero-order valence-electron chi connectivity index (χ0n) is 17.4. The minimum atomic E-state index is -0.965. The molecule has 5 amide bonds. The lowest BCUT2D eigenvalue weighted by Crippen LogP contribution is -2.54. The van der Waals surface area contributed by atoms with Gasteiger partial charge in [-0.25, -0.2) is 0 Å². The molecule has 1 unspecified atom stereocenters. The van der Waals surface area contributed by atoms with Crippen LogP contribution in [0.3, 0.4) is 0 Å². The highest BCUT2D eigenvalue weighted by Crippen LogP contribution is 2.32. The number of hydrogen-bond acceptors (Lipinski definition) is 6. The van der Waals surface area contributed by atoms with Crippen LogP contribution in [0.5, 0.6) is 0 Å². The normalized spacial score (nSPS) is 18.2. The van der Waals surface area contributed by atoms with Crippen molar-refractivity contribution in [3.63, 3.8) is 0 Å². The monoisotopic (exact) mass is 428 g/mol. The van der Waals surface area contributed by atoms with Crippen LogP contribution in [0, 0.1) is 0 Å². The van der Waals surface area contributed by atoms with Gasteiger partial charge in [-0.3, -0.25) is 34.2 Å². The molecule has 1 atom stereocenters. The van der Waals surface area contributed by atoms with Gasteiger partial charge in [-0.15, -0.1) is 0 Å². The highest BCUT2D eigenvalue weighted by Gasteiger charge is 2.45. The van der Waals surface area contributed by atoms with Crippen LogP contribution in [0.15, 0.2) is 18.2 Å². The Morgan fingerprint density at radius 2 is 1.74 bits per heavy atom. The summed E-state index contributed by atoms with van der Waals surface area (Å²) in [5.74, 6) is -2.28. The van der Waals surface area contributed by atoms with Crippen molar-refractivity contribution in [2.45, 2.75) is 63.8 Å². The van der Waals surface area contributed by atoms with Crippen LogP contribution < -0.4 is 16.4 Å². The van der Waals surface area contributed by atoms with Gasteiger partial charge in [0.1, 0.15) is 6.04 Å². The van der Waals surface area contributed by atoms with Gasteiger partial charge in [0, 0.05) is 25.1 Å². The second-order valence-corrected chi connectivity index (χ2v) is 7.94. The van der Waals surface area contributed by atoms with E-state index in [0.29, 0.717) is 18.7 Å². The minimum Gasteiger partial charge on any atom is -0.384 e. The molecule has 0 saturated carbocycles. The second-order valence-electron chi connectivity index (χ2n) is 7.94. The summed E-state index contributed by atoms with van der Waals surface area (Å²) < 4.78 is 0. The van der Waals surface area contributed by atoms with Crippen molar-refractivity contribution >= 4 is 35.2 Å². The Balaban J connectivity index is 1.53. The van der Waals surface area contributed by atoms with Crippen molar-refractivity contribution in [2.24, 2.45) is 5.73 Å². The van der Waals surface area contributed by atoms with Crippen LogP contribution in [-0.4, -0.2) is 47.0 Å². The van der Waals surface area contributed by atoms with Crippen molar-refractivity contribution < 1.29 is 24.0 Å². The van der Waals surface area contributed by atoms with E-state index in [2.05, 4.69) is 10.6 Å². The van der Waals surface area contributed by atoms with Gasteiger partial charge in [-0.05, 0) is 31.4 Å². The fourth-order valence-electron chi connectivity index (χ4n) is 4.02. The number of nitrogens with two attached hydrogens (primary N) is 1. The number of hydrogen-bond donors (Lipinski definition) is 3. The van der Waals surface area contributed by atoms with Gasteiger partial charge in [-0.1, -0.05) is 31.7 Å². The van der Waals surface area contributed by atoms with E-state index in [0.717, 1.165) is 43.4 Å². The fraction of sp³-hybridized carbons (Fsp3) is 0.500. The van der Waals surface area contributed by atoms with Crippen molar-refractivity contribution in [3.05, 3.63) is 29.3 Å². The van der Waals surface area contributed by atoms with Gasteiger partial charge in [0.15, 0.2) is 0 Å². The Kier molecular flexibility index (Phi) is 7.38. The molecule has 1 aromatic rings. The van der Waals surface area contributed by atoms with E-state index in [1.54, 1.807) is 18.2 Å². The molecule has 3 rings (SSSR count). The lowest BCUT2D eigenvalue weighted by molar-refractivity contribution is -0.136. The molecule has 9 nitrogen and oxygen atoms in total. The van der Waals surface area contributed by atoms with Gasteiger partial charge >= 0.3 is 0 Å². The molecule has 2 heterocycles. The van der Waals surface area contributed by atoms with Crippen LogP contribution in [-0.2, 0) is 14.4 Å². The molecule has 0 bridgehead atoms. The molecule has 2 aliphatic rings. The maximum atomic E-state index is 13.0. The zero-order chi connectivity index (χ0) is 22.4. The van der Waals surface area contributed by atoms with Crippen LogP contribution in [0.2, 0.25) is 0 Å². The molecule has 166 valence electrons. The number of benzene rings is 1. The maximum Gasteiger partial charge on any atom is 0.264 e. The summed E-state index contributed by atoms with van der Waals surface area (Å²) in [5, 5.41) is 5.44. The Morgan fingerprint density at radius 1 is 1.03 bits per heavy atom. The van der Waals surface area contributed by atoms with E-state index in [4.69, 9.17) is 5.73 Å². The molecule has 0 spiro atoms. The second kappa shape index (κ2) is 10.2. The van der Waals surface area contributed by atoms with Crippen molar-refractivity contribution in [1.82, 2.24) is 10.2 Å². The summed E-state index contributed by atoms with van der Waals surface area (Å²) in [6.45, 7) is 0.650. The Bertz CT molecular complexity index is 898. The highest BCUT2D eigenvalue weighted by atomic mass is 16.2. The Labute approximate surface area is 180 Å². The first-order chi connectivity index (χ1) is 14.9. The molecule has 2 aliphatic heterocycles. The molecule has 31 heavy (non-hydrogen) atoms. The first kappa shape index (κ1) is 22.5. The molecule has 1 saturated heterocycles. The Hall–Kier alpha value is -3.23. The number of primary amides is 1. The number of carbonyl (C=O) groups is 5. The highest BCUT2D eigenvalue weighted by molar-refractivity contribution is 6.25. The molecule has 1 aromatic carbocycles. The van der Waals surface area contributed by atoms with E-state index in [-0.39, 0.29) is 29.9 Å². The third-order valence-corrected chi connectivity index (χ3v) is 5.63. The quantitative estimate of drug-likeness (QED) is 0.362. The van der Waals surface area contributed by atoms with E-state index in [1.807, 2.05) is 0 Å². The van der Waals surface area contributed by atoms with E-state index in [1.165, 1.54) is 0 Å². The van der Waals surface area contributed by atoms with E-state index >= 15 is 0 Å².